The molecule has 0 atom stereocenters. The number of rotatable bonds is 6. The summed E-state index contributed by atoms with van der Waals surface area (Å²) in [7, 11) is 0. The van der Waals surface area contributed by atoms with Gasteiger partial charge in [-0.25, -0.2) is 0 Å². The van der Waals surface area contributed by atoms with Crippen molar-refractivity contribution in [1.29, 1.82) is 0 Å². The normalized spacial score (nSPS) is 10.5. The van der Waals surface area contributed by atoms with Crippen molar-refractivity contribution in [2.45, 2.75) is 40.4 Å². The van der Waals surface area contributed by atoms with Crippen molar-refractivity contribution in [3.63, 3.8) is 0 Å². The van der Waals surface area contributed by atoms with Gasteiger partial charge in [-0.1, -0.05) is 36.7 Å². The van der Waals surface area contributed by atoms with Crippen molar-refractivity contribution in [1.82, 2.24) is 0 Å². The van der Waals surface area contributed by atoms with Crippen molar-refractivity contribution < 1.29 is 19.4 Å². The minimum absolute atomic E-state index is 0.163. The van der Waals surface area contributed by atoms with Gasteiger partial charge in [-0.2, -0.15) is 0 Å². The number of esters is 1. The smallest absolute Gasteiger partial charge is 0.310 e. The van der Waals surface area contributed by atoms with Gasteiger partial charge in [0.1, 0.15) is 18.1 Å². The molecule has 0 heterocycles. The van der Waals surface area contributed by atoms with E-state index in [1.165, 1.54) is 0 Å². The van der Waals surface area contributed by atoms with Gasteiger partial charge in [0.25, 0.3) is 0 Å². The molecule has 0 bridgehead atoms. The van der Waals surface area contributed by atoms with E-state index in [4.69, 9.17) is 21.1 Å². The Labute approximate surface area is 147 Å². The minimum atomic E-state index is -0.332. The summed E-state index contributed by atoms with van der Waals surface area (Å²) in [4.78, 5) is 11.6. The van der Waals surface area contributed by atoms with Crippen LogP contribution in [0.15, 0.2) is 30.3 Å². The maximum Gasteiger partial charge on any atom is 0.310 e. The van der Waals surface area contributed by atoms with E-state index in [1.54, 1.807) is 31.2 Å². The summed E-state index contributed by atoms with van der Waals surface area (Å²) in [5.41, 5.74) is 3.26. The lowest BCUT2D eigenvalue weighted by Crippen LogP contribution is -2.10. The summed E-state index contributed by atoms with van der Waals surface area (Å²) >= 11 is 6.16. The Kier molecular flexibility index (Phi) is 6.23. The maximum atomic E-state index is 11.6. The summed E-state index contributed by atoms with van der Waals surface area (Å²) in [6, 6.07) is 8.93. The van der Waals surface area contributed by atoms with Crippen molar-refractivity contribution in [3.05, 3.63) is 57.6 Å². The quantitative estimate of drug-likeness (QED) is 0.623. The summed E-state index contributed by atoms with van der Waals surface area (Å²) in [5, 5.41) is 10.2. The van der Waals surface area contributed by atoms with E-state index in [2.05, 4.69) is 0 Å². The van der Waals surface area contributed by atoms with Crippen molar-refractivity contribution in [3.8, 4) is 11.5 Å². The molecule has 0 fully saturated rings. The van der Waals surface area contributed by atoms with Crippen LogP contribution in [0.2, 0.25) is 5.02 Å². The molecule has 4 nitrogen and oxygen atoms in total. The highest BCUT2D eigenvalue weighted by Gasteiger charge is 2.14. The van der Waals surface area contributed by atoms with E-state index in [0.29, 0.717) is 27.6 Å². The molecule has 0 spiro atoms. The Morgan fingerprint density at radius 1 is 1.17 bits per heavy atom. The second-order valence-electron chi connectivity index (χ2n) is 5.54. The topological polar surface area (TPSA) is 55.8 Å². The zero-order valence-electron chi connectivity index (χ0n) is 14.1. The summed E-state index contributed by atoms with van der Waals surface area (Å²) in [6.07, 6.45) is 0.274. The number of aryl methyl sites for hydroxylation is 2. The highest BCUT2D eigenvalue weighted by molar-refractivity contribution is 6.31. The molecule has 128 valence electrons. The number of aliphatic hydroxyl groups excluding tert-OH is 1. The number of carbonyl (C=O) groups is 1. The van der Waals surface area contributed by atoms with Gasteiger partial charge in [-0.05, 0) is 42.7 Å². The van der Waals surface area contributed by atoms with Crippen molar-refractivity contribution >= 4 is 17.6 Å². The Bertz CT molecular complexity index is 740. The predicted octanol–water partition coefficient (Wildman–Crippen LogP) is 4.34. The van der Waals surface area contributed by atoms with E-state index < -0.39 is 0 Å². The van der Waals surface area contributed by atoms with Gasteiger partial charge in [0, 0.05) is 17.0 Å². The molecule has 0 saturated heterocycles. The molecular weight excluding hydrogens is 328 g/mol. The maximum absolute atomic E-state index is 11.6. The Balaban J connectivity index is 2.28. The number of ether oxygens (including phenoxy) is 2. The summed E-state index contributed by atoms with van der Waals surface area (Å²) in [5.74, 6) is 0.733. The third kappa shape index (κ3) is 4.28. The monoisotopic (exact) mass is 348 g/mol. The molecule has 0 aliphatic carbocycles. The average Bonchev–Trinajstić information content (AvgIpc) is 2.57. The zero-order chi connectivity index (χ0) is 17.7. The molecule has 0 amide bonds. The second kappa shape index (κ2) is 8.18. The molecule has 24 heavy (non-hydrogen) atoms. The minimum Gasteiger partial charge on any atom is -0.488 e. The number of aliphatic hydroxyl groups is 1. The Morgan fingerprint density at radius 3 is 2.58 bits per heavy atom. The number of carbonyl (C=O) groups excluding carboxylic acids is 1. The molecule has 2 aromatic carbocycles. The van der Waals surface area contributed by atoms with Crippen LogP contribution in [-0.2, 0) is 18.0 Å². The Hall–Kier alpha value is -2.04. The molecular formula is C19H21ClO4. The van der Waals surface area contributed by atoms with Crippen LogP contribution in [0, 0.1) is 13.8 Å². The van der Waals surface area contributed by atoms with E-state index in [9.17, 15) is 9.90 Å². The summed E-state index contributed by atoms with van der Waals surface area (Å²) in [6.45, 7) is 5.61. The van der Waals surface area contributed by atoms with Gasteiger partial charge in [-0.15, -0.1) is 0 Å². The lowest BCUT2D eigenvalue weighted by atomic mass is 10.1. The third-order valence-corrected chi connectivity index (χ3v) is 4.15. The van der Waals surface area contributed by atoms with Crippen LogP contribution in [0.4, 0.5) is 0 Å². The number of hydrogen-bond acceptors (Lipinski definition) is 4. The predicted molar refractivity (Wildman–Crippen MR) is 93.5 cm³/mol. The fraction of sp³-hybridized carbons (Fsp3) is 0.316. The van der Waals surface area contributed by atoms with Crippen LogP contribution >= 0.6 is 11.6 Å². The first-order valence-electron chi connectivity index (χ1n) is 7.78. The van der Waals surface area contributed by atoms with Gasteiger partial charge >= 0.3 is 5.97 Å². The van der Waals surface area contributed by atoms with E-state index in [0.717, 1.165) is 11.1 Å². The fourth-order valence-corrected chi connectivity index (χ4v) is 2.48. The molecule has 2 aromatic rings. The molecule has 1 N–H and O–H groups in total. The second-order valence-corrected chi connectivity index (χ2v) is 5.94. The van der Waals surface area contributed by atoms with Crippen LogP contribution in [-0.4, -0.2) is 11.1 Å². The molecule has 5 heteroatoms. The SMILES string of the molecule is CCC(=O)Oc1cccc(CO)c1COc1cc(Cl)c(C)cc1C. The largest absolute Gasteiger partial charge is 0.488 e. The van der Waals surface area contributed by atoms with E-state index in [1.807, 2.05) is 19.9 Å². The number of hydrogen-bond donors (Lipinski definition) is 1. The lowest BCUT2D eigenvalue weighted by molar-refractivity contribution is -0.134. The zero-order valence-corrected chi connectivity index (χ0v) is 14.8. The van der Waals surface area contributed by atoms with Crippen LogP contribution in [0.25, 0.3) is 0 Å². The van der Waals surface area contributed by atoms with Gasteiger partial charge in [0.2, 0.25) is 0 Å². The summed E-state index contributed by atoms with van der Waals surface area (Å²) < 4.78 is 11.2. The van der Waals surface area contributed by atoms with Crippen molar-refractivity contribution in [2.75, 3.05) is 0 Å². The van der Waals surface area contributed by atoms with Gasteiger partial charge in [0.05, 0.1) is 6.61 Å². The number of benzene rings is 2. The van der Waals surface area contributed by atoms with Crippen molar-refractivity contribution in [2.24, 2.45) is 0 Å². The van der Waals surface area contributed by atoms with Gasteiger partial charge in [-0.3, -0.25) is 4.79 Å². The first-order valence-corrected chi connectivity index (χ1v) is 8.15. The molecule has 0 aliphatic heterocycles. The third-order valence-electron chi connectivity index (χ3n) is 3.74. The highest BCUT2D eigenvalue weighted by atomic mass is 35.5. The molecule has 0 saturated carbocycles. The van der Waals surface area contributed by atoms with Gasteiger partial charge < -0.3 is 14.6 Å². The van der Waals surface area contributed by atoms with E-state index in [-0.39, 0.29) is 25.6 Å². The first kappa shape index (κ1) is 18.3. The van der Waals surface area contributed by atoms with Crippen LogP contribution < -0.4 is 9.47 Å². The molecule has 0 unspecified atom stereocenters. The highest BCUT2D eigenvalue weighted by Crippen LogP contribution is 2.29. The Morgan fingerprint density at radius 2 is 1.92 bits per heavy atom. The lowest BCUT2D eigenvalue weighted by Gasteiger charge is -2.16. The van der Waals surface area contributed by atoms with Crippen LogP contribution in [0.1, 0.15) is 35.6 Å². The van der Waals surface area contributed by atoms with Gasteiger partial charge in [0.15, 0.2) is 0 Å². The van der Waals surface area contributed by atoms with E-state index >= 15 is 0 Å². The average molecular weight is 349 g/mol. The first-order chi connectivity index (χ1) is 11.5. The standard InChI is InChI=1S/C19H21ClO4/c1-4-19(22)24-17-7-5-6-14(10-21)15(17)11-23-18-9-16(20)12(2)8-13(18)3/h5-9,21H,4,10-11H2,1-3H3. The molecule has 0 aromatic heterocycles. The van der Waals surface area contributed by atoms with Crippen LogP contribution in [0.3, 0.4) is 0 Å². The molecule has 2 rings (SSSR count). The molecule has 0 radical (unpaired) electrons. The molecule has 0 aliphatic rings. The fourth-order valence-electron chi connectivity index (χ4n) is 2.33. The van der Waals surface area contributed by atoms with Crippen LogP contribution in [0.5, 0.6) is 11.5 Å². The number of halogens is 1.